The summed E-state index contributed by atoms with van der Waals surface area (Å²) in [5.41, 5.74) is 0. The summed E-state index contributed by atoms with van der Waals surface area (Å²) in [5.74, 6) is -0.876. The van der Waals surface area contributed by atoms with Gasteiger partial charge in [-0.1, -0.05) is 346 Å². The minimum atomic E-state index is -0.781. The summed E-state index contributed by atoms with van der Waals surface area (Å²) >= 11 is 0. The number of esters is 3. The van der Waals surface area contributed by atoms with Gasteiger partial charge < -0.3 is 14.2 Å². The molecule has 6 heteroatoms. The van der Waals surface area contributed by atoms with Crippen LogP contribution < -0.4 is 0 Å². The van der Waals surface area contributed by atoms with Crippen LogP contribution in [0, 0.1) is 0 Å². The van der Waals surface area contributed by atoms with Gasteiger partial charge >= 0.3 is 17.9 Å². The molecule has 0 bridgehead atoms. The van der Waals surface area contributed by atoms with E-state index < -0.39 is 6.10 Å². The van der Waals surface area contributed by atoms with E-state index in [0.717, 1.165) is 89.9 Å². The van der Waals surface area contributed by atoms with Crippen molar-refractivity contribution in [2.75, 3.05) is 13.2 Å². The smallest absolute Gasteiger partial charge is 0.306 e. The van der Waals surface area contributed by atoms with Gasteiger partial charge in [0.1, 0.15) is 13.2 Å². The maximum absolute atomic E-state index is 12.9. The fourth-order valence-corrected chi connectivity index (χ4v) is 11.1. The summed E-state index contributed by atoms with van der Waals surface area (Å²) in [6.45, 7) is 6.64. The van der Waals surface area contributed by atoms with Gasteiger partial charge in [-0.3, -0.25) is 14.4 Å². The first-order chi connectivity index (χ1) is 40.0. The normalized spacial score (nSPS) is 12.2. The van der Waals surface area contributed by atoms with E-state index >= 15 is 0 Å². The minimum absolute atomic E-state index is 0.0765. The van der Waals surface area contributed by atoms with E-state index in [1.807, 2.05) is 0 Å². The molecule has 476 valence electrons. The second kappa shape index (κ2) is 70.1. The maximum atomic E-state index is 12.9. The molecule has 0 fully saturated rings. The molecule has 0 amide bonds. The monoisotopic (exact) mass is 1140 g/mol. The highest BCUT2D eigenvalue weighted by atomic mass is 16.6. The van der Waals surface area contributed by atoms with E-state index in [4.69, 9.17) is 14.2 Å². The van der Waals surface area contributed by atoms with Crippen molar-refractivity contribution >= 4 is 17.9 Å². The summed E-state index contributed by atoms with van der Waals surface area (Å²) in [5, 5.41) is 0. The third-order valence-corrected chi connectivity index (χ3v) is 16.6. The van der Waals surface area contributed by atoms with Crippen molar-refractivity contribution in [2.45, 2.75) is 412 Å². The van der Waals surface area contributed by atoms with Crippen molar-refractivity contribution in [1.29, 1.82) is 0 Å². The van der Waals surface area contributed by atoms with Crippen LogP contribution in [0.5, 0.6) is 0 Å². The highest BCUT2D eigenvalue weighted by Crippen LogP contribution is 2.19. The van der Waals surface area contributed by atoms with E-state index in [-0.39, 0.29) is 31.1 Å². The predicted molar refractivity (Wildman–Crippen MR) is 353 cm³/mol. The van der Waals surface area contributed by atoms with Gasteiger partial charge in [0.25, 0.3) is 0 Å². The van der Waals surface area contributed by atoms with Gasteiger partial charge in [-0.15, -0.1) is 0 Å². The summed E-state index contributed by atoms with van der Waals surface area (Å²) in [7, 11) is 0. The van der Waals surface area contributed by atoms with Crippen LogP contribution in [-0.2, 0) is 28.6 Å². The zero-order chi connectivity index (χ0) is 58.5. The molecule has 0 rings (SSSR count). The molecule has 6 nitrogen and oxygen atoms in total. The van der Waals surface area contributed by atoms with Gasteiger partial charge in [0, 0.05) is 19.3 Å². The number of hydrogen-bond acceptors (Lipinski definition) is 6. The minimum Gasteiger partial charge on any atom is -0.462 e. The largest absolute Gasteiger partial charge is 0.462 e. The van der Waals surface area contributed by atoms with Crippen molar-refractivity contribution in [3.05, 3.63) is 36.5 Å². The lowest BCUT2D eigenvalue weighted by atomic mass is 10.0. The summed E-state index contributed by atoms with van der Waals surface area (Å²) in [6.07, 6.45) is 87.8. The van der Waals surface area contributed by atoms with Crippen LogP contribution in [0.2, 0.25) is 0 Å². The topological polar surface area (TPSA) is 78.9 Å². The first kappa shape index (κ1) is 78.6. The molecule has 0 saturated carbocycles. The molecular formula is C75H140O6. The van der Waals surface area contributed by atoms with Crippen LogP contribution in [0.4, 0.5) is 0 Å². The van der Waals surface area contributed by atoms with Crippen molar-refractivity contribution in [3.8, 4) is 0 Å². The fraction of sp³-hybridized carbons (Fsp3) is 0.880. The van der Waals surface area contributed by atoms with E-state index in [0.29, 0.717) is 19.3 Å². The van der Waals surface area contributed by atoms with E-state index in [1.54, 1.807) is 0 Å². The van der Waals surface area contributed by atoms with Crippen molar-refractivity contribution in [1.82, 2.24) is 0 Å². The summed E-state index contributed by atoms with van der Waals surface area (Å²) in [4.78, 5) is 38.3. The van der Waals surface area contributed by atoms with Crippen LogP contribution in [0.3, 0.4) is 0 Å². The van der Waals surface area contributed by atoms with Crippen molar-refractivity contribution in [2.24, 2.45) is 0 Å². The molecule has 0 heterocycles. The van der Waals surface area contributed by atoms with Gasteiger partial charge in [0.2, 0.25) is 0 Å². The summed E-state index contributed by atoms with van der Waals surface area (Å²) in [6, 6.07) is 0. The molecule has 0 spiro atoms. The number of carbonyl (C=O) groups is 3. The second-order valence-corrected chi connectivity index (χ2v) is 24.9. The molecule has 1 atom stereocenters. The molecule has 0 N–H and O–H groups in total. The molecule has 0 aromatic heterocycles. The molecule has 0 aromatic rings. The highest BCUT2D eigenvalue weighted by Gasteiger charge is 2.19. The Balaban J connectivity index is 4.04. The van der Waals surface area contributed by atoms with Crippen LogP contribution in [-0.4, -0.2) is 37.2 Å². The van der Waals surface area contributed by atoms with Gasteiger partial charge in [-0.2, -0.15) is 0 Å². The second-order valence-electron chi connectivity index (χ2n) is 24.9. The van der Waals surface area contributed by atoms with Gasteiger partial charge in [0.15, 0.2) is 6.10 Å². The van der Waals surface area contributed by atoms with E-state index in [9.17, 15) is 14.4 Å². The lowest BCUT2D eigenvalue weighted by Crippen LogP contribution is -2.30. The third-order valence-electron chi connectivity index (χ3n) is 16.6. The summed E-state index contributed by atoms with van der Waals surface area (Å²) < 4.78 is 16.9. The Hall–Kier alpha value is -2.37. The fourth-order valence-electron chi connectivity index (χ4n) is 11.1. The molecule has 0 aliphatic heterocycles. The Labute approximate surface area is 506 Å². The zero-order valence-electron chi connectivity index (χ0n) is 54.8. The Bertz CT molecular complexity index is 1350. The number of allylic oxidation sites excluding steroid dienone is 6. The van der Waals surface area contributed by atoms with Crippen LogP contribution in [0.25, 0.3) is 0 Å². The molecule has 81 heavy (non-hydrogen) atoms. The number of hydrogen-bond donors (Lipinski definition) is 0. The Morgan fingerprint density at radius 1 is 0.247 bits per heavy atom. The molecule has 0 aliphatic carbocycles. The molecule has 0 aromatic carbocycles. The van der Waals surface area contributed by atoms with Gasteiger partial charge in [0.05, 0.1) is 0 Å². The average Bonchev–Trinajstić information content (AvgIpc) is 3.47. The average molecular weight is 1140 g/mol. The van der Waals surface area contributed by atoms with E-state index in [1.165, 1.54) is 276 Å². The molecule has 1 unspecified atom stereocenters. The maximum Gasteiger partial charge on any atom is 0.306 e. The van der Waals surface area contributed by atoms with Gasteiger partial charge in [-0.25, -0.2) is 0 Å². The van der Waals surface area contributed by atoms with Crippen molar-refractivity contribution in [3.63, 3.8) is 0 Å². The van der Waals surface area contributed by atoms with E-state index in [2.05, 4.69) is 57.2 Å². The van der Waals surface area contributed by atoms with Crippen LogP contribution in [0.1, 0.15) is 406 Å². The van der Waals surface area contributed by atoms with Gasteiger partial charge in [-0.05, 0) is 77.0 Å². The lowest BCUT2D eigenvalue weighted by molar-refractivity contribution is -0.167. The molecular weight excluding hydrogens is 997 g/mol. The number of ether oxygens (including phenoxy) is 3. The first-order valence-corrected chi connectivity index (χ1v) is 36.5. The van der Waals surface area contributed by atoms with Crippen molar-refractivity contribution < 1.29 is 28.6 Å². The Morgan fingerprint density at radius 2 is 0.444 bits per heavy atom. The predicted octanol–water partition coefficient (Wildman–Crippen LogP) is 25.1. The quantitative estimate of drug-likeness (QED) is 0.0261. The zero-order valence-corrected chi connectivity index (χ0v) is 54.8. The molecule has 0 aliphatic rings. The Kier molecular flexibility index (Phi) is 68.1. The molecule has 0 saturated heterocycles. The van der Waals surface area contributed by atoms with Crippen LogP contribution >= 0.6 is 0 Å². The van der Waals surface area contributed by atoms with Crippen LogP contribution in [0.15, 0.2) is 36.5 Å². The SMILES string of the molecule is CCCCC/C=C\CCCCCCCC(=O)OCC(COC(=O)CCCCCCCCCCCCCCCCCCCCCCCCCCCCCCCCCCCCC)OC(=O)CCCCCCC/C=C\C/C=C\CCCCCC. The number of unbranched alkanes of at least 4 members (excludes halogenated alkanes) is 51. The number of carbonyl (C=O) groups excluding carboxylic acids is 3. The highest BCUT2D eigenvalue weighted by molar-refractivity contribution is 5.71. The first-order valence-electron chi connectivity index (χ1n) is 36.5. The lowest BCUT2D eigenvalue weighted by Gasteiger charge is -2.18. The number of rotatable bonds is 68. The molecule has 0 radical (unpaired) electrons. The third kappa shape index (κ3) is 68.3. The standard InChI is InChI=1S/C75H140O6/c1-4-7-10-13-16-19-22-25-27-29-30-31-32-33-34-35-36-37-38-39-40-41-42-43-44-45-46-47-49-50-53-56-59-62-65-68-74(77)80-71-72(70-79-73(76)67-64-61-58-55-52-24-21-18-15-12-9-6-3)81-75(78)69-66-63-60-57-54-51-48-28-26-23-20-17-14-11-8-5-2/h18,20-21,23,28,48,72H,4-17,19,22,24-27,29-47,49-71H2,1-3H3/b21-18-,23-20-,48-28-. The Morgan fingerprint density at radius 3 is 0.728 bits per heavy atom.